The van der Waals surface area contributed by atoms with Crippen LogP contribution in [0.4, 0.5) is 8.78 Å². The van der Waals surface area contributed by atoms with Crippen LogP contribution in [0.1, 0.15) is 17.4 Å². The number of aromatic amines is 1. The Bertz CT molecular complexity index is 835. The summed E-state index contributed by atoms with van der Waals surface area (Å²) < 4.78 is 31.8. The highest BCUT2D eigenvalue weighted by molar-refractivity contribution is 6.00. The molecule has 0 fully saturated rings. The summed E-state index contributed by atoms with van der Waals surface area (Å²) in [7, 11) is 0. The van der Waals surface area contributed by atoms with Gasteiger partial charge in [-0.25, -0.2) is 13.6 Å². The lowest BCUT2D eigenvalue weighted by Crippen LogP contribution is -2.04. The molecule has 0 spiro atoms. The summed E-state index contributed by atoms with van der Waals surface area (Å²) in [6.45, 7) is 2.00. The van der Waals surface area contributed by atoms with Gasteiger partial charge in [0.1, 0.15) is 17.3 Å². The number of nitrogens with one attached hydrogen (secondary N) is 1. The Balaban J connectivity index is 2.16. The van der Waals surface area contributed by atoms with E-state index in [1.807, 2.05) is 6.07 Å². The molecule has 0 aliphatic heterocycles. The van der Waals surface area contributed by atoms with Crippen LogP contribution in [-0.2, 0) is 4.74 Å². The third kappa shape index (κ3) is 2.57. The number of benzene rings is 2. The van der Waals surface area contributed by atoms with Crippen molar-refractivity contribution in [2.24, 2.45) is 0 Å². The van der Waals surface area contributed by atoms with Crippen molar-refractivity contribution in [3.05, 3.63) is 59.8 Å². The number of aromatic nitrogens is 1. The van der Waals surface area contributed by atoms with Gasteiger partial charge in [-0.2, -0.15) is 0 Å². The number of esters is 1. The van der Waals surface area contributed by atoms with E-state index in [0.717, 1.165) is 11.5 Å². The molecule has 0 aliphatic rings. The van der Waals surface area contributed by atoms with E-state index in [0.29, 0.717) is 22.3 Å². The van der Waals surface area contributed by atoms with Crippen LogP contribution in [0.15, 0.2) is 42.5 Å². The maximum absolute atomic E-state index is 13.4. The van der Waals surface area contributed by atoms with Crippen molar-refractivity contribution in [2.75, 3.05) is 6.61 Å². The second-order valence-corrected chi connectivity index (χ2v) is 4.83. The molecule has 3 nitrogen and oxygen atoms in total. The predicted octanol–water partition coefficient (Wildman–Crippen LogP) is 4.29. The lowest BCUT2D eigenvalue weighted by molar-refractivity contribution is 0.0520. The average Bonchev–Trinajstić information content (AvgIpc) is 2.90. The van der Waals surface area contributed by atoms with E-state index in [-0.39, 0.29) is 6.61 Å². The van der Waals surface area contributed by atoms with Crippen LogP contribution in [0.5, 0.6) is 0 Å². The molecule has 3 aromatic rings. The van der Waals surface area contributed by atoms with Gasteiger partial charge in [0.05, 0.1) is 12.1 Å². The van der Waals surface area contributed by atoms with Crippen molar-refractivity contribution in [1.29, 1.82) is 0 Å². The summed E-state index contributed by atoms with van der Waals surface area (Å²) in [4.78, 5) is 14.8. The van der Waals surface area contributed by atoms with E-state index in [1.54, 1.807) is 25.1 Å². The lowest BCUT2D eigenvalue weighted by atomic mass is 10.0. The number of H-pyrrole nitrogens is 1. The first-order valence-electron chi connectivity index (χ1n) is 6.84. The average molecular weight is 301 g/mol. The van der Waals surface area contributed by atoms with Crippen molar-refractivity contribution >= 4 is 16.9 Å². The molecule has 1 heterocycles. The maximum atomic E-state index is 13.4. The zero-order valence-electron chi connectivity index (χ0n) is 11.8. The van der Waals surface area contributed by atoms with Crippen molar-refractivity contribution < 1.29 is 18.3 Å². The quantitative estimate of drug-likeness (QED) is 0.733. The number of fused-ring (bicyclic) bond motifs is 1. The Hall–Kier alpha value is -2.69. The highest BCUT2D eigenvalue weighted by Crippen LogP contribution is 2.30. The van der Waals surface area contributed by atoms with Crippen LogP contribution >= 0.6 is 0 Å². The molecule has 1 aromatic heterocycles. The number of hydrogen-bond donors (Lipinski definition) is 1. The monoisotopic (exact) mass is 301 g/mol. The molecule has 3 rings (SSSR count). The van der Waals surface area contributed by atoms with Crippen molar-refractivity contribution in [3.63, 3.8) is 0 Å². The van der Waals surface area contributed by atoms with Gasteiger partial charge in [0, 0.05) is 17.0 Å². The molecule has 2 aromatic carbocycles. The molecule has 0 saturated carbocycles. The van der Waals surface area contributed by atoms with Gasteiger partial charge in [-0.05, 0) is 30.7 Å². The van der Waals surface area contributed by atoms with Crippen molar-refractivity contribution in [3.8, 4) is 11.1 Å². The van der Waals surface area contributed by atoms with Gasteiger partial charge in [0.2, 0.25) is 0 Å². The van der Waals surface area contributed by atoms with Gasteiger partial charge in [-0.15, -0.1) is 0 Å². The Morgan fingerprint density at radius 2 is 1.86 bits per heavy atom. The van der Waals surface area contributed by atoms with Gasteiger partial charge >= 0.3 is 5.97 Å². The Morgan fingerprint density at radius 3 is 2.55 bits per heavy atom. The molecule has 0 saturated heterocycles. The minimum absolute atomic E-state index is 0.274. The second-order valence-electron chi connectivity index (χ2n) is 4.83. The minimum atomic E-state index is -0.649. The summed E-state index contributed by atoms with van der Waals surface area (Å²) >= 11 is 0. The zero-order chi connectivity index (χ0) is 15.7. The molecule has 0 bridgehead atoms. The van der Waals surface area contributed by atoms with Gasteiger partial charge in [0.15, 0.2) is 0 Å². The topological polar surface area (TPSA) is 42.1 Å². The third-order valence-electron chi connectivity index (χ3n) is 3.33. The number of halogens is 2. The molecule has 22 heavy (non-hydrogen) atoms. The van der Waals surface area contributed by atoms with Gasteiger partial charge in [-0.3, -0.25) is 0 Å². The number of rotatable bonds is 3. The lowest BCUT2D eigenvalue weighted by Gasteiger charge is -2.04. The standard InChI is InChI=1S/C17H13F2NO2/c1-2-22-17(21)15-8-10-4-3-5-14(16(10)20-15)11-6-12(18)9-13(19)7-11/h3-9,20H,2H2,1H3. The smallest absolute Gasteiger partial charge is 0.354 e. The van der Waals surface area contributed by atoms with E-state index >= 15 is 0 Å². The Morgan fingerprint density at radius 1 is 1.14 bits per heavy atom. The highest BCUT2D eigenvalue weighted by atomic mass is 19.1. The first-order chi connectivity index (χ1) is 10.6. The zero-order valence-corrected chi connectivity index (χ0v) is 11.8. The SMILES string of the molecule is CCOC(=O)c1cc2cccc(-c3cc(F)cc(F)c3)c2[nH]1. The predicted molar refractivity (Wildman–Crippen MR) is 79.6 cm³/mol. The molecular formula is C17H13F2NO2. The van der Waals surface area contributed by atoms with Crippen LogP contribution in [0, 0.1) is 11.6 Å². The van der Waals surface area contributed by atoms with Crippen LogP contribution < -0.4 is 0 Å². The molecule has 1 N–H and O–H groups in total. The minimum Gasteiger partial charge on any atom is -0.461 e. The van der Waals surface area contributed by atoms with E-state index in [9.17, 15) is 13.6 Å². The molecule has 0 atom stereocenters. The number of carbonyl (C=O) groups excluding carboxylic acids is 1. The van der Waals surface area contributed by atoms with E-state index < -0.39 is 17.6 Å². The van der Waals surface area contributed by atoms with E-state index in [1.165, 1.54) is 12.1 Å². The summed E-state index contributed by atoms with van der Waals surface area (Å²) in [5.41, 5.74) is 1.96. The van der Waals surface area contributed by atoms with Crippen LogP contribution in [0.2, 0.25) is 0 Å². The summed E-state index contributed by atoms with van der Waals surface area (Å²) in [5.74, 6) is -1.76. The summed E-state index contributed by atoms with van der Waals surface area (Å²) in [6.07, 6.45) is 0. The molecule has 0 amide bonds. The first kappa shape index (κ1) is 14.3. The number of ether oxygens (including phenoxy) is 1. The molecule has 0 unspecified atom stereocenters. The maximum Gasteiger partial charge on any atom is 0.354 e. The number of para-hydroxylation sites is 1. The second kappa shape index (κ2) is 5.60. The first-order valence-corrected chi connectivity index (χ1v) is 6.84. The molecule has 0 aliphatic carbocycles. The number of carbonyl (C=O) groups is 1. The normalized spacial score (nSPS) is 10.9. The van der Waals surface area contributed by atoms with Gasteiger partial charge < -0.3 is 9.72 Å². The number of hydrogen-bond acceptors (Lipinski definition) is 2. The fourth-order valence-corrected chi connectivity index (χ4v) is 2.42. The molecule has 112 valence electrons. The summed E-state index contributed by atoms with van der Waals surface area (Å²) in [5, 5.41) is 0.769. The van der Waals surface area contributed by atoms with E-state index in [2.05, 4.69) is 4.98 Å². The molecule has 0 radical (unpaired) electrons. The molecular weight excluding hydrogens is 288 g/mol. The van der Waals surface area contributed by atoms with Gasteiger partial charge in [0.25, 0.3) is 0 Å². The third-order valence-corrected chi connectivity index (χ3v) is 3.33. The Kier molecular flexibility index (Phi) is 3.63. The highest BCUT2D eigenvalue weighted by Gasteiger charge is 2.14. The van der Waals surface area contributed by atoms with Crippen molar-refractivity contribution in [2.45, 2.75) is 6.92 Å². The fourth-order valence-electron chi connectivity index (χ4n) is 2.42. The van der Waals surface area contributed by atoms with E-state index in [4.69, 9.17) is 4.74 Å². The van der Waals surface area contributed by atoms with Crippen LogP contribution in [-0.4, -0.2) is 17.6 Å². The van der Waals surface area contributed by atoms with Crippen molar-refractivity contribution in [1.82, 2.24) is 4.98 Å². The molecule has 5 heteroatoms. The Labute approximate surface area is 125 Å². The fraction of sp³-hybridized carbons (Fsp3) is 0.118. The van der Waals surface area contributed by atoms with Crippen LogP contribution in [0.25, 0.3) is 22.0 Å². The largest absolute Gasteiger partial charge is 0.461 e. The van der Waals surface area contributed by atoms with Crippen LogP contribution in [0.3, 0.4) is 0 Å². The summed E-state index contributed by atoms with van der Waals surface area (Å²) in [6, 6.07) is 10.3. The van der Waals surface area contributed by atoms with Gasteiger partial charge in [-0.1, -0.05) is 18.2 Å².